The lowest BCUT2D eigenvalue weighted by atomic mass is 10.0. The van der Waals surface area contributed by atoms with Gasteiger partial charge in [0.1, 0.15) is 11.4 Å². The summed E-state index contributed by atoms with van der Waals surface area (Å²) in [5.74, 6) is 0.553. The molecule has 0 aliphatic carbocycles. The summed E-state index contributed by atoms with van der Waals surface area (Å²) in [4.78, 5) is 20.6. The van der Waals surface area contributed by atoms with Crippen LogP contribution >= 0.6 is 0 Å². The standard InChI is InChI=1S/C23H19N3O2/c1-28-19-11-9-18(10-12-19)26-23(27)21(16-6-3-2-4-7-16)14-17-15-25-22-20(17)8-5-13-24-22/h2-15H,1H3,(H,24,25)(H,26,27)/b21-14+. The number of amides is 1. The molecule has 2 aromatic carbocycles. The summed E-state index contributed by atoms with van der Waals surface area (Å²) in [6, 6.07) is 20.7. The number of carbonyl (C=O) groups is 1. The predicted octanol–water partition coefficient (Wildman–Crippen LogP) is 4.75. The molecule has 0 aliphatic heterocycles. The summed E-state index contributed by atoms with van der Waals surface area (Å²) in [5, 5.41) is 3.93. The number of rotatable bonds is 5. The third-order valence-electron chi connectivity index (χ3n) is 4.46. The van der Waals surface area contributed by atoms with Crippen molar-refractivity contribution in [3.63, 3.8) is 0 Å². The minimum absolute atomic E-state index is 0.186. The Bertz CT molecular complexity index is 1130. The van der Waals surface area contributed by atoms with Crippen molar-refractivity contribution >= 4 is 34.3 Å². The number of pyridine rings is 1. The zero-order chi connectivity index (χ0) is 19.3. The Hall–Kier alpha value is -3.86. The van der Waals surface area contributed by atoms with Gasteiger partial charge in [-0.05, 0) is 48.0 Å². The van der Waals surface area contributed by atoms with Crippen LogP contribution in [0.1, 0.15) is 11.1 Å². The van der Waals surface area contributed by atoms with Crippen molar-refractivity contribution in [2.24, 2.45) is 0 Å². The van der Waals surface area contributed by atoms with Crippen molar-refractivity contribution in [1.29, 1.82) is 0 Å². The van der Waals surface area contributed by atoms with Gasteiger partial charge < -0.3 is 15.0 Å². The molecule has 0 saturated heterocycles. The predicted molar refractivity (Wildman–Crippen MR) is 112 cm³/mol. The molecule has 4 rings (SSSR count). The number of H-pyrrole nitrogens is 1. The van der Waals surface area contributed by atoms with Crippen LogP contribution in [0.15, 0.2) is 79.1 Å². The first-order valence-corrected chi connectivity index (χ1v) is 8.89. The van der Waals surface area contributed by atoms with Gasteiger partial charge in [0.25, 0.3) is 5.91 Å². The highest BCUT2D eigenvalue weighted by Gasteiger charge is 2.14. The van der Waals surface area contributed by atoms with Crippen LogP contribution in [-0.4, -0.2) is 23.0 Å². The van der Waals surface area contributed by atoms with Crippen LogP contribution in [0.5, 0.6) is 5.75 Å². The lowest BCUT2D eigenvalue weighted by Gasteiger charge is -2.10. The molecule has 4 aromatic rings. The molecule has 5 heteroatoms. The molecule has 0 aliphatic rings. The number of nitrogens with zero attached hydrogens (tertiary/aromatic N) is 1. The van der Waals surface area contributed by atoms with E-state index in [1.807, 2.05) is 79.0 Å². The quantitative estimate of drug-likeness (QED) is 0.499. The van der Waals surface area contributed by atoms with Crippen molar-refractivity contribution in [1.82, 2.24) is 9.97 Å². The van der Waals surface area contributed by atoms with E-state index in [0.29, 0.717) is 11.3 Å². The topological polar surface area (TPSA) is 67.0 Å². The third-order valence-corrected chi connectivity index (χ3v) is 4.46. The van der Waals surface area contributed by atoms with Gasteiger partial charge in [0.2, 0.25) is 0 Å². The number of benzene rings is 2. The average molecular weight is 369 g/mol. The molecule has 0 atom stereocenters. The minimum atomic E-state index is -0.186. The minimum Gasteiger partial charge on any atom is -0.497 e. The molecular weight excluding hydrogens is 350 g/mol. The van der Waals surface area contributed by atoms with Crippen molar-refractivity contribution in [3.05, 3.63) is 90.3 Å². The number of carbonyl (C=O) groups excluding carboxylic acids is 1. The number of aromatic amines is 1. The maximum atomic E-state index is 13.1. The van der Waals surface area contributed by atoms with E-state index in [9.17, 15) is 4.79 Å². The Morgan fingerprint density at radius 3 is 2.57 bits per heavy atom. The van der Waals surface area contributed by atoms with E-state index in [4.69, 9.17) is 4.74 Å². The molecule has 2 N–H and O–H groups in total. The SMILES string of the molecule is COc1ccc(NC(=O)/C(=C/c2c[nH]c3ncccc23)c2ccccc2)cc1. The van der Waals surface area contributed by atoms with Gasteiger partial charge >= 0.3 is 0 Å². The van der Waals surface area contributed by atoms with Gasteiger partial charge in [-0.1, -0.05) is 30.3 Å². The number of hydrogen-bond donors (Lipinski definition) is 2. The first kappa shape index (κ1) is 17.5. The third kappa shape index (κ3) is 3.64. The normalized spacial score (nSPS) is 11.4. The largest absolute Gasteiger partial charge is 0.497 e. The Morgan fingerprint density at radius 1 is 1.04 bits per heavy atom. The molecule has 2 aromatic heterocycles. The molecule has 2 heterocycles. The first-order chi connectivity index (χ1) is 13.7. The Labute approximate surface area is 162 Å². The van der Waals surface area contributed by atoms with E-state index in [1.54, 1.807) is 13.3 Å². The van der Waals surface area contributed by atoms with Crippen LogP contribution in [0.2, 0.25) is 0 Å². The number of anilines is 1. The van der Waals surface area contributed by atoms with Gasteiger partial charge in [0.05, 0.1) is 7.11 Å². The summed E-state index contributed by atoms with van der Waals surface area (Å²) in [6.07, 6.45) is 5.48. The summed E-state index contributed by atoms with van der Waals surface area (Å²) >= 11 is 0. The fraction of sp³-hybridized carbons (Fsp3) is 0.0435. The fourth-order valence-electron chi connectivity index (χ4n) is 3.02. The second kappa shape index (κ2) is 7.80. The summed E-state index contributed by atoms with van der Waals surface area (Å²) in [5.41, 5.74) is 3.81. The Kier molecular flexibility index (Phi) is 4.89. The van der Waals surface area contributed by atoms with Gasteiger partial charge in [0, 0.05) is 34.6 Å². The van der Waals surface area contributed by atoms with Crippen molar-refractivity contribution in [2.75, 3.05) is 12.4 Å². The van der Waals surface area contributed by atoms with Gasteiger partial charge in [0.15, 0.2) is 0 Å². The van der Waals surface area contributed by atoms with Gasteiger partial charge in [-0.25, -0.2) is 4.98 Å². The second-order valence-corrected chi connectivity index (χ2v) is 6.25. The highest BCUT2D eigenvalue weighted by Crippen LogP contribution is 2.25. The lowest BCUT2D eigenvalue weighted by molar-refractivity contribution is -0.111. The highest BCUT2D eigenvalue weighted by molar-refractivity contribution is 6.29. The lowest BCUT2D eigenvalue weighted by Crippen LogP contribution is -2.13. The summed E-state index contributed by atoms with van der Waals surface area (Å²) in [6.45, 7) is 0. The number of methoxy groups -OCH3 is 1. The Morgan fingerprint density at radius 2 is 1.82 bits per heavy atom. The van der Waals surface area contributed by atoms with E-state index in [0.717, 1.165) is 27.9 Å². The molecule has 138 valence electrons. The molecule has 0 unspecified atom stereocenters. The van der Waals surface area contributed by atoms with Crippen LogP contribution < -0.4 is 10.1 Å². The zero-order valence-electron chi connectivity index (χ0n) is 15.3. The van der Waals surface area contributed by atoms with Crippen LogP contribution in [0, 0.1) is 0 Å². The molecular formula is C23H19N3O2. The van der Waals surface area contributed by atoms with Gasteiger partial charge in [-0.3, -0.25) is 4.79 Å². The number of hydrogen-bond acceptors (Lipinski definition) is 3. The van der Waals surface area contributed by atoms with Crippen molar-refractivity contribution in [3.8, 4) is 5.75 Å². The fourth-order valence-corrected chi connectivity index (χ4v) is 3.02. The summed E-state index contributed by atoms with van der Waals surface area (Å²) in [7, 11) is 1.61. The highest BCUT2D eigenvalue weighted by atomic mass is 16.5. The number of fused-ring (bicyclic) bond motifs is 1. The van der Waals surface area contributed by atoms with Gasteiger partial charge in [-0.15, -0.1) is 0 Å². The van der Waals surface area contributed by atoms with E-state index >= 15 is 0 Å². The van der Waals surface area contributed by atoms with Crippen LogP contribution in [0.3, 0.4) is 0 Å². The van der Waals surface area contributed by atoms with E-state index in [1.165, 1.54) is 0 Å². The second-order valence-electron chi connectivity index (χ2n) is 6.25. The smallest absolute Gasteiger partial charge is 0.256 e. The summed E-state index contributed by atoms with van der Waals surface area (Å²) < 4.78 is 5.17. The molecule has 0 fully saturated rings. The zero-order valence-corrected chi connectivity index (χ0v) is 15.3. The van der Waals surface area contributed by atoms with Crippen LogP contribution in [0.25, 0.3) is 22.7 Å². The monoisotopic (exact) mass is 369 g/mol. The van der Waals surface area contributed by atoms with Crippen molar-refractivity contribution in [2.45, 2.75) is 0 Å². The van der Waals surface area contributed by atoms with Crippen LogP contribution in [0.4, 0.5) is 5.69 Å². The van der Waals surface area contributed by atoms with Crippen LogP contribution in [-0.2, 0) is 4.79 Å². The molecule has 1 amide bonds. The maximum absolute atomic E-state index is 13.1. The first-order valence-electron chi connectivity index (χ1n) is 8.89. The van der Waals surface area contributed by atoms with E-state index < -0.39 is 0 Å². The number of ether oxygens (including phenoxy) is 1. The molecule has 0 spiro atoms. The van der Waals surface area contributed by atoms with Gasteiger partial charge in [-0.2, -0.15) is 0 Å². The molecule has 0 saturated carbocycles. The maximum Gasteiger partial charge on any atom is 0.256 e. The molecule has 5 nitrogen and oxygen atoms in total. The molecule has 28 heavy (non-hydrogen) atoms. The average Bonchev–Trinajstić information content (AvgIpc) is 3.16. The molecule has 0 bridgehead atoms. The Balaban J connectivity index is 1.72. The number of aromatic nitrogens is 2. The van der Waals surface area contributed by atoms with E-state index in [-0.39, 0.29) is 5.91 Å². The van der Waals surface area contributed by atoms with E-state index in [2.05, 4.69) is 15.3 Å². The molecule has 0 radical (unpaired) electrons. The number of nitrogens with one attached hydrogen (secondary N) is 2. The van der Waals surface area contributed by atoms with Crippen molar-refractivity contribution < 1.29 is 9.53 Å².